The van der Waals surface area contributed by atoms with Gasteiger partial charge in [-0.25, -0.2) is 0 Å². The molecular weight excluding hydrogens is 248 g/mol. The van der Waals surface area contributed by atoms with Crippen LogP contribution in [-0.2, 0) is 0 Å². The fourth-order valence-electron chi connectivity index (χ4n) is 1.93. The summed E-state index contributed by atoms with van der Waals surface area (Å²) in [6.07, 6.45) is 1.94. The van der Waals surface area contributed by atoms with E-state index in [-0.39, 0.29) is 0 Å². The molecule has 0 spiro atoms. The van der Waals surface area contributed by atoms with E-state index in [0.717, 1.165) is 38.0 Å². The number of rotatable bonds is 7. The maximum absolute atomic E-state index is 11.1. The predicted molar refractivity (Wildman–Crippen MR) is 77.9 cm³/mol. The SMILES string of the molecule is CCN(CCCN(C)C)c1ccc(Cl)cc1C=O. The highest BCUT2D eigenvalue weighted by Gasteiger charge is 2.09. The first-order chi connectivity index (χ1) is 8.58. The Bertz CT molecular complexity index is 393. The van der Waals surface area contributed by atoms with Crippen LogP contribution in [0.3, 0.4) is 0 Å². The first-order valence-corrected chi connectivity index (χ1v) is 6.60. The molecule has 0 fully saturated rings. The minimum atomic E-state index is 0.602. The van der Waals surface area contributed by atoms with Gasteiger partial charge in [0.1, 0.15) is 0 Å². The molecule has 0 aliphatic carbocycles. The molecule has 100 valence electrons. The van der Waals surface area contributed by atoms with Gasteiger partial charge >= 0.3 is 0 Å². The van der Waals surface area contributed by atoms with Crippen LogP contribution < -0.4 is 4.90 Å². The number of anilines is 1. The van der Waals surface area contributed by atoms with Crippen LogP contribution in [0.5, 0.6) is 0 Å². The van der Waals surface area contributed by atoms with Gasteiger partial charge in [-0.3, -0.25) is 4.79 Å². The van der Waals surface area contributed by atoms with Crippen molar-refractivity contribution >= 4 is 23.6 Å². The molecule has 1 aromatic carbocycles. The van der Waals surface area contributed by atoms with E-state index in [4.69, 9.17) is 11.6 Å². The van der Waals surface area contributed by atoms with E-state index in [1.165, 1.54) is 0 Å². The Kier molecular flexibility index (Phi) is 6.16. The summed E-state index contributed by atoms with van der Waals surface area (Å²) in [5.74, 6) is 0. The lowest BCUT2D eigenvalue weighted by molar-refractivity contribution is 0.112. The highest BCUT2D eigenvalue weighted by Crippen LogP contribution is 2.23. The summed E-state index contributed by atoms with van der Waals surface area (Å²) in [7, 11) is 4.13. The van der Waals surface area contributed by atoms with E-state index >= 15 is 0 Å². The molecule has 1 rings (SSSR count). The molecule has 0 aromatic heterocycles. The monoisotopic (exact) mass is 268 g/mol. The fourth-order valence-corrected chi connectivity index (χ4v) is 2.12. The lowest BCUT2D eigenvalue weighted by Crippen LogP contribution is -2.27. The van der Waals surface area contributed by atoms with Gasteiger partial charge in [0, 0.05) is 29.4 Å². The first kappa shape index (κ1) is 15.0. The Hall–Kier alpha value is -1.06. The molecule has 1 aromatic rings. The lowest BCUT2D eigenvalue weighted by atomic mass is 10.1. The van der Waals surface area contributed by atoms with Crippen molar-refractivity contribution in [1.29, 1.82) is 0 Å². The summed E-state index contributed by atoms with van der Waals surface area (Å²) in [6, 6.07) is 5.47. The number of nitrogens with zero attached hydrogens (tertiary/aromatic N) is 2. The smallest absolute Gasteiger partial charge is 0.152 e. The first-order valence-electron chi connectivity index (χ1n) is 6.23. The molecule has 0 atom stereocenters. The van der Waals surface area contributed by atoms with E-state index < -0.39 is 0 Å². The molecule has 0 saturated heterocycles. The van der Waals surface area contributed by atoms with Crippen LogP contribution >= 0.6 is 11.6 Å². The number of benzene rings is 1. The number of carbonyl (C=O) groups is 1. The number of aldehydes is 1. The maximum atomic E-state index is 11.1. The van der Waals surface area contributed by atoms with Crippen molar-refractivity contribution in [3.05, 3.63) is 28.8 Å². The van der Waals surface area contributed by atoms with Crippen molar-refractivity contribution in [3.63, 3.8) is 0 Å². The molecule has 0 saturated carbocycles. The number of halogens is 1. The molecule has 0 aliphatic rings. The van der Waals surface area contributed by atoms with Gasteiger partial charge < -0.3 is 9.80 Å². The van der Waals surface area contributed by atoms with E-state index in [2.05, 4.69) is 30.8 Å². The summed E-state index contributed by atoms with van der Waals surface area (Å²) in [5.41, 5.74) is 1.63. The molecule has 4 heteroatoms. The second-order valence-corrected chi connectivity index (χ2v) is 4.99. The van der Waals surface area contributed by atoms with Crippen molar-refractivity contribution in [1.82, 2.24) is 4.90 Å². The minimum absolute atomic E-state index is 0.602. The van der Waals surface area contributed by atoms with E-state index in [1.54, 1.807) is 6.07 Å². The van der Waals surface area contributed by atoms with Crippen LogP contribution in [0.25, 0.3) is 0 Å². The number of carbonyl (C=O) groups excluding carboxylic acids is 1. The summed E-state index contributed by atoms with van der Waals surface area (Å²) < 4.78 is 0. The summed E-state index contributed by atoms with van der Waals surface area (Å²) in [5, 5.41) is 0.602. The van der Waals surface area contributed by atoms with Crippen molar-refractivity contribution in [2.45, 2.75) is 13.3 Å². The third kappa shape index (κ3) is 4.31. The zero-order chi connectivity index (χ0) is 13.5. The van der Waals surface area contributed by atoms with Crippen LogP contribution in [0, 0.1) is 0 Å². The van der Waals surface area contributed by atoms with Gasteiger partial charge in [-0.2, -0.15) is 0 Å². The summed E-state index contributed by atoms with van der Waals surface area (Å²) >= 11 is 5.91. The molecule has 0 heterocycles. The average molecular weight is 269 g/mol. The number of hydrogen-bond acceptors (Lipinski definition) is 3. The Morgan fingerprint density at radius 3 is 2.56 bits per heavy atom. The standard InChI is InChI=1S/C14H21ClN2O/c1-4-17(9-5-8-16(2)3)14-7-6-13(15)10-12(14)11-18/h6-7,10-11H,4-5,8-9H2,1-3H3. The van der Waals surface area contributed by atoms with Gasteiger partial charge in [-0.15, -0.1) is 0 Å². The predicted octanol–water partition coefficient (Wildman–Crippen LogP) is 2.93. The third-order valence-corrected chi connectivity index (χ3v) is 3.11. The highest BCUT2D eigenvalue weighted by molar-refractivity contribution is 6.31. The maximum Gasteiger partial charge on any atom is 0.152 e. The Labute approximate surface area is 114 Å². The van der Waals surface area contributed by atoms with Crippen molar-refractivity contribution in [2.24, 2.45) is 0 Å². The molecule has 0 unspecified atom stereocenters. The highest BCUT2D eigenvalue weighted by atomic mass is 35.5. The molecule has 0 N–H and O–H groups in total. The third-order valence-electron chi connectivity index (χ3n) is 2.87. The molecular formula is C14H21ClN2O. The summed E-state index contributed by atoms with van der Waals surface area (Å²) in [6.45, 7) is 4.96. The van der Waals surface area contributed by atoms with E-state index in [0.29, 0.717) is 10.6 Å². The van der Waals surface area contributed by atoms with Gasteiger partial charge in [0.15, 0.2) is 6.29 Å². The van der Waals surface area contributed by atoms with Crippen LogP contribution in [0.2, 0.25) is 5.02 Å². The van der Waals surface area contributed by atoms with Crippen LogP contribution in [-0.4, -0.2) is 44.9 Å². The Morgan fingerprint density at radius 2 is 2.00 bits per heavy atom. The minimum Gasteiger partial charge on any atom is -0.371 e. The van der Waals surface area contributed by atoms with Crippen molar-refractivity contribution in [2.75, 3.05) is 38.6 Å². The largest absolute Gasteiger partial charge is 0.371 e. The normalized spacial score (nSPS) is 10.7. The molecule has 0 aliphatic heterocycles. The van der Waals surface area contributed by atoms with Crippen LogP contribution in [0.15, 0.2) is 18.2 Å². The Balaban J connectivity index is 2.78. The quantitative estimate of drug-likeness (QED) is 0.711. The molecule has 3 nitrogen and oxygen atoms in total. The molecule has 0 amide bonds. The second-order valence-electron chi connectivity index (χ2n) is 4.56. The van der Waals surface area contributed by atoms with Crippen LogP contribution in [0.4, 0.5) is 5.69 Å². The van der Waals surface area contributed by atoms with Crippen LogP contribution in [0.1, 0.15) is 23.7 Å². The second kappa shape index (κ2) is 7.39. The van der Waals surface area contributed by atoms with Crippen molar-refractivity contribution < 1.29 is 4.79 Å². The van der Waals surface area contributed by atoms with E-state index in [9.17, 15) is 4.79 Å². The van der Waals surface area contributed by atoms with Gasteiger partial charge in [0.05, 0.1) is 0 Å². The van der Waals surface area contributed by atoms with Crippen molar-refractivity contribution in [3.8, 4) is 0 Å². The van der Waals surface area contributed by atoms with Gasteiger partial charge in [-0.05, 0) is 52.2 Å². The average Bonchev–Trinajstić information content (AvgIpc) is 2.34. The molecule has 0 radical (unpaired) electrons. The Morgan fingerprint density at radius 1 is 1.28 bits per heavy atom. The van der Waals surface area contributed by atoms with Gasteiger partial charge in [-0.1, -0.05) is 11.6 Å². The van der Waals surface area contributed by atoms with Gasteiger partial charge in [0.2, 0.25) is 0 Å². The molecule has 18 heavy (non-hydrogen) atoms. The van der Waals surface area contributed by atoms with E-state index in [1.807, 2.05) is 12.1 Å². The number of hydrogen-bond donors (Lipinski definition) is 0. The van der Waals surface area contributed by atoms with Gasteiger partial charge in [0.25, 0.3) is 0 Å². The molecule has 0 bridgehead atoms. The zero-order valence-corrected chi connectivity index (χ0v) is 12.1. The topological polar surface area (TPSA) is 23.6 Å². The lowest BCUT2D eigenvalue weighted by Gasteiger charge is -2.25. The summed E-state index contributed by atoms with van der Waals surface area (Å²) in [4.78, 5) is 15.5. The fraction of sp³-hybridized carbons (Fsp3) is 0.500. The zero-order valence-electron chi connectivity index (χ0n) is 11.3.